The highest BCUT2D eigenvalue weighted by Crippen LogP contribution is 2.61. The van der Waals surface area contributed by atoms with E-state index in [4.69, 9.17) is 19.5 Å². The summed E-state index contributed by atoms with van der Waals surface area (Å²) in [6, 6.07) is 0. The van der Waals surface area contributed by atoms with Crippen molar-refractivity contribution in [2.75, 3.05) is 31.2 Å². The number of ether oxygens (including phenoxy) is 1. The number of nitrogens with two attached hydrogens (primary N) is 1. The number of aliphatic hydroxyl groups is 3. The average molecular weight is 687 g/mol. The molecule has 0 saturated carbocycles. The third-order valence-electron chi connectivity index (χ3n) is 6.32. The zero-order valence-corrected chi connectivity index (χ0v) is 26.6. The van der Waals surface area contributed by atoms with E-state index in [0.29, 0.717) is 18.3 Å². The van der Waals surface area contributed by atoms with E-state index < -0.39 is 70.0 Å². The highest BCUT2D eigenvalue weighted by molar-refractivity contribution is 8.13. The summed E-state index contributed by atoms with van der Waals surface area (Å²) in [5.74, 6) is -0.105. The normalized spacial score (nSPS) is 24.1. The van der Waals surface area contributed by atoms with E-state index in [1.165, 1.54) is 24.7 Å². The first-order valence-electron chi connectivity index (χ1n) is 13.2. The van der Waals surface area contributed by atoms with Gasteiger partial charge in [-0.25, -0.2) is 24.1 Å². The van der Waals surface area contributed by atoms with Crippen LogP contribution in [0.15, 0.2) is 12.7 Å². The molecule has 0 spiro atoms. The Bertz CT molecular complexity index is 1410. The fraction of sp³-hybridized carbons (Fsp3) is 0.682. The molecule has 1 saturated heterocycles. The van der Waals surface area contributed by atoms with E-state index in [1.54, 1.807) is 0 Å². The Kier molecular flexibility index (Phi) is 12.4. The first kappa shape index (κ1) is 36.4. The number of phosphoric ester groups is 2. The van der Waals surface area contributed by atoms with Crippen LogP contribution in [0.5, 0.6) is 0 Å². The van der Waals surface area contributed by atoms with Gasteiger partial charge >= 0.3 is 15.6 Å². The number of nitrogens with one attached hydrogen (secondary N) is 1. The lowest BCUT2D eigenvalue weighted by molar-refractivity contribution is -0.125. The molecule has 1 amide bonds. The number of anilines is 1. The molecule has 8 N–H and O–H groups in total. The van der Waals surface area contributed by atoms with Gasteiger partial charge in [-0.15, -0.1) is 0 Å². The smallest absolute Gasteiger partial charge is 0.387 e. The van der Waals surface area contributed by atoms with Crippen LogP contribution in [0.1, 0.15) is 39.8 Å². The molecule has 0 radical (unpaired) electrons. The summed E-state index contributed by atoms with van der Waals surface area (Å²) in [7, 11) is -10.6. The number of phosphoric acid groups is 2. The zero-order chi connectivity index (χ0) is 32.9. The number of amides is 1. The molecule has 2 unspecified atom stereocenters. The maximum absolute atomic E-state index is 12.4. The Hall–Kier alpha value is -2.06. The van der Waals surface area contributed by atoms with Crippen molar-refractivity contribution in [1.29, 1.82) is 0 Å². The van der Waals surface area contributed by atoms with Crippen LogP contribution in [0.2, 0.25) is 0 Å². The molecule has 1 aliphatic rings. The predicted molar refractivity (Wildman–Crippen MR) is 153 cm³/mol. The van der Waals surface area contributed by atoms with Crippen LogP contribution >= 0.6 is 27.4 Å². The molecule has 1 aliphatic heterocycles. The van der Waals surface area contributed by atoms with Crippen molar-refractivity contribution in [3.05, 3.63) is 12.7 Å². The van der Waals surface area contributed by atoms with Crippen LogP contribution in [-0.4, -0.2) is 106 Å². The molecule has 1 fully saturated rings. The molecule has 248 valence electrons. The van der Waals surface area contributed by atoms with Gasteiger partial charge in [0.05, 0.1) is 19.5 Å². The molecule has 0 aliphatic carbocycles. The van der Waals surface area contributed by atoms with Crippen molar-refractivity contribution in [1.82, 2.24) is 24.8 Å². The minimum atomic E-state index is -5.33. The quantitative estimate of drug-likeness (QED) is 0.113. The summed E-state index contributed by atoms with van der Waals surface area (Å²) in [5.41, 5.74) is 4.67. The molecule has 3 heterocycles. The van der Waals surface area contributed by atoms with Crippen molar-refractivity contribution in [3.63, 3.8) is 0 Å². The number of carbonyl (C=O) groups excluding carboxylic acids is 2. The van der Waals surface area contributed by atoms with Gasteiger partial charge in [0, 0.05) is 24.1 Å². The van der Waals surface area contributed by atoms with Gasteiger partial charge in [-0.1, -0.05) is 32.5 Å². The van der Waals surface area contributed by atoms with Gasteiger partial charge in [0.25, 0.3) is 0 Å². The van der Waals surface area contributed by atoms with Crippen LogP contribution in [0.4, 0.5) is 5.82 Å². The van der Waals surface area contributed by atoms with Gasteiger partial charge in [-0.3, -0.25) is 23.2 Å². The van der Waals surface area contributed by atoms with E-state index in [0.717, 1.165) is 12.7 Å². The van der Waals surface area contributed by atoms with Crippen molar-refractivity contribution in [2.45, 2.75) is 64.3 Å². The van der Waals surface area contributed by atoms with Gasteiger partial charge in [-0.2, -0.15) is 4.31 Å². The molecule has 0 aromatic carbocycles. The van der Waals surface area contributed by atoms with Crippen molar-refractivity contribution in [2.24, 2.45) is 5.41 Å². The molecule has 2 aromatic rings. The summed E-state index contributed by atoms with van der Waals surface area (Å²) in [5, 5.41) is 33.3. The van der Waals surface area contributed by atoms with Crippen LogP contribution in [-0.2, 0) is 36.8 Å². The number of carbonyl (C=O) groups is 2. The molecular weight excluding hydrogens is 650 g/mol. The molecule has 2 aromatic heterocycles. The molecule has 22 heteroatoms. The lowest BCUT2D eigenvalue weighted by Gasteiger charge is -2.29. The molecule has 3 rings (SSSR count). The molecule has 19 nitrogen and oxygen atoms in total. The SMILES string of the molecule is CCCNC(=O)CCSC(=O)[C@H](O)C(C)(C)COP(=O)(O)OP(=O)(O)OC[C@H]1O[C@@H](n2cnc3c(N)ncnc32)[C@H](O)[C@@H]1O. The fourth-order valence-electron chi connectivity index (χ4n) is 3.82. The minimum absolute atomic E-state index is 0.0403. The number of nitrogen functional groups attached to an aromatic ring is 1. The topological polar surface area (TPSA) is 288 Å². The predicted octanol–water partition coefficient (Wildman–Crippen LogP) is -0.158. The van der Waals surface area contributed by atoms with E-state index in [1.807, 2.05) is 6.92 Å². The van der Waals surface area contributed by atoms with E-state index in [2.05, 4.69) is 24.6 Å². The monoisotopic (exact) mass is 686 g/mol. The maximum Gasteiger partial charge on any atom is 0.481 e. The van der Waals surface area contributed by atoms with Crippen LogP contribution < -0.4 is 11.1 Å². The van der Waals surface area contributed by atoms with Gasteiger partial charge < -0.3 is 40.9 Å². The number of aromatic nitrogens is 4. The summed E-state index contributed by atoms with van der Waals surface area (Å²) < 4.78 is 45.4. The number of hydrogen-bond donors (Lipinski definition) is 7. The number of nitrogens with zero attached hydrogens (tertiary/aromatic N) is 4. The summed E-state index contributed by atoms with van der Waals surface area (Å²) >= 11 is 0.696. The second kappa shape index (κ2) is 15.0. The molecule has 0 bridgehead atoms. The summed E-state index contributed by atoms with van der Waals surface area (Å²) in [6.45, 7) is 3.41. The zero-order valence-electron chi connectivity index (χ0n) is 24.0. The minimum Gasteiger partial charge on any atom is -0.387 e. The van der Waals surface area contributed by atoms with Crippen molar-refractivity contribution < 1.29 is 61.9 Å². The van der Waals surface area contributed by atoms with Crippen molar-refractivity contribution in [3.8, 4) is 0 Å². The summed E-state index contributed by atoms with van der Waals surface area (Å²) in [4.78, 5) is 55.9. The van der Waals surface area contributed by atoms with Crippen LogP contribution in [0.3, 0.4) is 0 Å². The largest absolute Gasteiger partial charge is 0.481 e. The van der Waals surface area contributed by atoms with Crippen LogP contribution in [0.25, 0.3) is 11.2 Å². The first-order chi connectivity index (χ1) is 20.5. The Balaban J connectivity index is 1.50. The van der Waals surface area contributed by atoms with E-state index in [9.17, 15) is 43.8 Å². The van der Waals surface area contributed by atoms with Crippen molar-refractivity contribution >= 4 is 55.4 Å². The lowest BCUT2D eigenvalue weighted by atomic mass is 9.88. The Morgan fingerprint density at radius 3 is 2.55 bits per heavy atom. The molecule has 44 heavy (non-hydrogen) atoms. The van der Waals surface area contributed by atoms with Gasteiger partial charge in [0.2, 0.25) is 11.0 Å². The Morgan fingerprint density at radius 1 is 1.18 bits per heavy atom. The third kappa shape index (κ3) is 9.48. The number of rotatable bonds is 16. The molecule has 7 atom stereocenters. The number of aliphatic hydroxyl groups excluding tert-OH is 3. The number of imidazole rings is 1. The van der Waals surface area contributed by atoms with E-state index >= 15 is 0 Å². The fourth-order valence-corrected chi connectivity index (χ4v) is 7.04. The average Bonchev–Trinajstić information content (AvgIpc) is 3.50. The highest BCUT2D eigenvalue weighted by atomic mass is 32.2. The number of thioether (sulfide) groups is 1. The van der Waals surface area contributed by atoms with Gasteiger partial charge in [0.1, 0.15) is 36.3 Å². The summed E-state index contributed by atoms with van der Waals surface area (Å²) in [6.07, 6.45) is -4.41. The third-order valence-corrected chi connectivity index (χ3v) is 9.81. The Morgan fingerprint density at radius 2 is 1.86 bits per heavy atom. The van der Waals surface area contributed by atoms with Crippen LogP contribution in [0, 0.1) is 5.41 Å². The first-order valence-corrected chi connectivity index (χ1v) is 17.2. The standard InChI is InChI=1S/C22H36N6O13P2S/c1-4-6-24-13(29)5-7-44-21(33)17(32)22(2,3)9-39-43(36,37)41-42(34,35)38-8-12-15(30)16(31)20(40-12)28-11-27-14-18(23)25-10-26-19(14)28/h10-12,15-17,20,30-32H,4-9H2,1-3H3,(H,24,29)(H,34,35)(H,36,37)(H2,23,25,26)/t12-,15-,16-,17+,20-/m1/s1. The number of fused-ring (bicyclic) bond motifs is 1. The number of hydrogen-bond acceptors (Lipinski definition) is 16. The lowest BCUT2D eigenvalue weighted by Crippen LogP contribution is -2.38. The molecular formula is C22H36N6O13P2S. The maximum atomic E-state index is 12.4. The van der Waals surface area contributed by atoms with Gasteiger partial charge in [-0.05, 0) is 6.42 Å². The van der Waals surface area contributed by atoms with Gasteiger partial charge in [0.15, 0.2) is 17.7 Å². The highest BCUT2D eigenvalue weighted by Gasteiger charge is 2.46. The second-order valence-electron chi connectivity index (χ2n) is 10.4. The Labute approximate surface area is 255 Å². The van der Waals surface area contributed by atoms with E-state index in [-0.39, 0.29) is 35.1 Å². The second-order valence-corrected chi connectivity index (χ2v) is 14.5.